The predicted molar refractivity (Wildman–Crippen MR) is 76.8 cm³/mol. The second kappa shape index (κ2) is 6.54. The van der Waals surface area contributed by atoms with Crippen molar-refractivity contribution in [2.75, 3.05) is 19.6 Å². The lowest BCUT2D eigenvalue weighted by molar-refractivity contribution is 0.354. The first-order valence-corrected chi connectivity index (χ1v) is 6.13. The molecule has 7 nitrogen and oxygen atoms in total. The number of hydrogen-bond acceptors (Lipinski definition) is 7. The summed E-state index contributed by atoms with van der Waals surface area (Å²) in [5.41, 5.74) is 3.65. The molecule has 0 bridgehead atoms. The van der Waals surface area contributed by atoms with Crippen LogP contribution in [0.15, 0.2) is 30.6 Å². The molecule has 0 amide bonds. The number of nitrogens with one attached hydrogen (secondary N) is 1. The number of anilines is 1. The van der Waals surface area contributed by atoms with Gasteiger partial charge in [-0.05, 0) is 17.7 Å². The van der Waals surface area contributed by atoms with Crippen molar-refractivity contribution in [1.29, 1.82) is 5.26 Å². The molecule has 2 rings (SSSR count). The number of rotatable bonds is 5. The van der Waals surface area contributed by atoms with Crippen LogP contribution in [0.25, 0.3) is 0 Å². The first-order valence-electron chi connectivity index (χ1n) is 6.13. The van der Waals surface area contributed by atoms with Crippen molar-refractivity contribution in [3.63, 3.8) is 0 Å². The Morgan fingerprint density at radius 1 is 1.24 bits per heavy atom. The van der Waals surface area contributed by atoms with Gasteiger partial charge in [0.15, 0.2) is 17.3 Å². The van der Waals surface area contributed by atoms with Gasteiger partial charge in [0.2, 0.25) is 0 Å². The largest absolute Gasteiger partial charge is 0.493 e. The van der Waals surface area contributed by atoms with E-state index in [1.165, 1.54) is 12.4 Å². The molecule has 1 unspecified atom stereocenters. The topological polar surface area (TPSA) is 106 Å². The zero-order chi connectivity index (χ0) is 15.2. The van der Waals surface area contributed by atoms with Crippen LogP contribution in [-0.2, 0) is 0 Å². The molecule has 0 saturated heterocycles. The number of nitrogens with zero attached hydrogens (tertiary/aromatic N) is 3. The van der Waals surface area contributed by atoms with Crippen molar-refractivity contribution < 1.29 is 9.47 Å². The Kier molecular flexibility index (Phi) is 4.53. The molecule has 0 fully saturated rings. The van der Waals surface area contributed by atoms with E-state index in [1.807, 2.05) is 0 Å². The van der Waals surface area contributed by atoms with Gasteiger partial charge in [-0.2, -0.15) is 5.26 Å². The number of nitrogens with two attached hydrogens (primary N) is 1. The molecule has 21 heavy (non-hydrogen) atoms. The van der Waals surface area contributed by atoms with Gasteiger partial charge >= 0.3 is 0 Å². The zero-order valence-corrected chi connectivity index (χ0v) is 11.7. The third kappa shape index (κ3) is 3.01. The Morgan fingerprint density at radius 2 is 2.00 bits per heavy atom. The summed E-state index contributed by atoms with van der Waals surface area (Å²) in [5, 5.41) is 9.45. The van der Waals surface area contributed by atoms with Crippen LogP contribution in [0.5, 0.6) is 11.5 Å². The third-order valence-corrected chi connectivity index (χ3v) is 2.97. The average molecular weight is 285 g/mol. The molecule has 1 aromatic heterocycles. The Balaban J connectivity index is 2.44. The van der Waals surface area contributed by atoms with Gasteiger partial charge in [-0.15, -0.1) is 0 Å². The lowest BCUT2D eigenvalue weighted by Gasteiger charge is -2.13. The summed E-state index contributed by atoms with van der Waals surface area (Å²) in [7, 11) is 3.10. The normalized spacial score (nSPS) is 11.3. The summed E-state index contributed by atoms with van der Waals surface area (Å²) in [4.78, 5) is 8.26. The van der Waals surface area contributed by atoms with E-state index in [0.717, 1.165) is 5.56 Å². The number of methoxy groups -OCH3 is 2. The molecule has 1 aromatic carbocycles. The van der Waals surface area contributed by atoms with E-state index >= 15 is 0 Å². The monoisotopic (exact) mass is 285 g/mol. The summed E-state index contributed by atoms with van der Waals surface area (Å²) >= 11 is 0. The number of aromatic nitrogens is 2. The summed E-state index contributed by atoms with van der Waals surface area (Å²) in [6.07, 6.45) is 3.01. The molecule has 0 aliphatic carbocycles. The van der Waals surface area contributed by atoms with Gasteiger partial charge in [-0.25, -0.2) is 10.8 Å². The second-order valence-corrected chi connectivity index (χ2v) is 4.15. The number of hydrogen-bond donors (Lipinski definition) is 2. The van der Waals surface area contributed by atoms with E-state index in [1.54, 1.807) is 32.4 Å². The minimum absolute atomic E-state index is 0.397. The summed E-state index contributed by atoms with van der Waals surface area (Å²) < 4.78 is 10.4. The van der Waals surface area contributed by atoms with Gasteiger partial charge < -0.3 is 14.9 Å². The summed E-state index contributed by atoms with van der Waals surface area (Å²) in [6.45, 7) is 0. The fourth-order valence-electron chi connectivity index (χ4n) is 1.93. The molecule has 0 aliphatic rings. The van der Waals surface area contributed by atoms with Gasteiger partial charge in [0, 0.05) is 0 Å². The molecular formula is C14H15N5O2. The number of hydrazine groups is 1. The van der Waals surface area contributed by atoms with Crippen LogP contribution >= 0.6 is 0 Å². The Hall–Kier alpha value is -2.85. The van der Waals surface area contributed by atoms with E-state index in [4.69, 9.17) is 15.3 Å². The molecule has 108 valence electrons. The fraction of sp³-hybridized carbons (Fsp3) is 0.214. The number of nitriles is 1. The Labute approximate surface area is 122 Å². The van der Waals surface area contributed by atoms with Gasteiger partial charge in [0.05, 0.1) is 38.4 Å². The van der Waals surface area contributed by atoms with Crippen molar-refractivity contribution in [3.8, 4) is 17.6 Å². The SMILES string of the molecule is COc1ccc(C(C#N)c2cncc(NN)n2)cc1OC. The molecule has 0 saturated carbocycles. The molecule has 0 aliphatic heterocycles. The van der Waals surface area contributed by atoms with Crippen LogP contribution in [0.3, 0.4) is 0 Å². The fourth-order valence-corrected chi connectivity index (χ4v) is 1.93. The summed E-state index contributed by atoms with van der Waals surface area (Å²) in [5.74, 6) is 6.28. The van der Waals surface area contributed by atoms with Gasteiger partial charge in [0.1, 0.15) is 5.92 Å². The lowest BCUT2D eigenvalue weighted by Crippen LogP contribution is -2.11. The van der Waals surface area contributed by atoms with E-state index in [0.29, 0.717) is 23.0 Å². The first-order chi connectivity index (χ1) is 10.2. The Morgan fingerprint density at radius 3 is 2.62 bits per heavy atom. The van der Waals surface area contributed by atoms with Crippen molar-refractivity contribution in [1.82, 2.24) is 9.97 Å². The molecule has 0 radical (unpaired) electrons. The van der Waals surface area contributed by atoms with Crippen molar-refractivity contribution in [3.05, 3.63) is 41.9 Å². The summed E-state index contributed by atoms with van der Waals surface area (Å²) in [6, 6.07) is 7.49. The van der Waals surface area contributed by atoms with E-state index in [9.17, 15) is 5.26 Å². The first kappa shape index (κ1) is 14.6. The minimum atomic E-state index is -0.578. The van der Waals surface area contributed by atoms with Crippen LogP contribution in [-0.4, -0.2) is 24.2 Å². The van der Waals surface area contributed by atoms with Crippen LogP contribution < -0.4 is 20.7 Å². The second-order valence-electron chi connectivity index (χ2n) is 4.15. The van der Waals surface area contributed by atoms with Crippen molar-refractivity contribution in [2.45, 2.75) is 5.92 Å². The number of nitrogen functional groups attached to an aromatic ring is 1. The Bertz CT molecular complexity index is 669. The molecule has 2 aromatic rings. The van der Waals surface area contributed by atoms with Crippen LogP contribution in [0.1, 0.15) is 17.2 Å². The van der Waals surface area contributed by atoms with Crippen LogP contribution in [0.4, 0.5) is 5.82 Å². The van der Waals surface area contributed by atoms with E-state index in [-0.39, 0.29) is 0 Å². The number of ether oxygens (including phenoxy) is 2. The van der Waals surface area contributed by atoms with E-state index < -0.39 is 5.92 Å². The zero-order valence-electron chi connectivity index (χ0n) is 11.7. The maximum absolute atomic E-state index is 9.45. The van der Waals surface area contributed by atoms with Crippen molar-refractivity contribution in [2.24, 2.45) is 5.84 Å². The molecule has 1 atom stereocenters. The van der Waals surface area contributed by atoms with Crippen molar-refractivity contribution >= 4 is 5.82 Å². The smallest absolute Gasteiger partial charge is 0.161 e. The van der Waals surface area contributed by atoms with Gasteiger partial charge in [-0.3, -0.25) is 4.98 Å². The van der Waals surface area contributed by atoms with Gasteiger partial charge in [-0.1, -0.05) is 6.07 Å². The molecule has 7 heteroatoms. The average Bonchev–Trinajstić information content (AvgIpc) is 2.55. The quantitative estimate of drug-likeness (QED) is 0.632. The standard InChI is InChI=1S/C14H15N5O2/c1-20-12-4-3-9(5-13(12)21-2)10(6-15)11-7-17-8-14(18-11)19-16/h3-5,7-8,10H,16H2,1-2H3,(H,18,19). The lowest BCUT2D eigenvalue weighted by atomic mass is 9.97. The highest BCUT2D eigenvalue weighted by Gasteiger charge is 2.18. The maximum atomic E-state index is 9.45. The highest BCUT2D eigenvalue weighted by atomic mass is 16.5. The molecular weight excluding hydrogens is 270 g/mol. The predicted octanol–water partition coefficient (Wildman–Crippen LogP) is 1.43. The third-order valence-electron chi connectivity index (χ3n) is 2.97. The van der Waals surface area contributed by atoms with Crippen LogP contribution in [0.2, 0.25) is 0 Å². The van der Waals surface area contributed by atoms with Crippen LogP contribution in [0, 0.1) is 11.3 Å². The molecule has 0 spiro atoms. The highest BCUT2D eigenvalue weighted by molar-refractivity contribution is 5.47. The minimum Gasteiger partial charge on any atom is -0.493 e. The highest BCUT2D eigenvalue weighted by Crippen LogP contribution is 2.32. The van der Waals surface area contributed by atoms with Gasteiger partial charge in [0.25, 0.3) is 0 Å². The molecule has 1 heterocycles. The van der Waals surface area contributed by atoms with E-state index in [2.05, 4.69) is 21.5 Å². The molecule has 3 N–H and O–H groups in total. The maximum Gasteiger partial charge on any atom is 0.161 e. The number of benzene rings is 1.